The Kier molecular flexibility index (Phi) is 4.54. The molecule has 0 N–H and O–H groups in total. The number of benzene rings is 1. The Hall–Kier alpha value is -1.67. The number of alkyl halides is 3. The van der Waals surface area contributed by atoms with Gasteiger partial charge in [0, 0.05) is 44.3 Å². The molecule has 0 saturated carbocycles. The van der Waals surface area contributed by atoms with Gasteiger partial charge in [-0.2, -0.15) is 17.5 Å². The van der Waals surface area contributed by atoms with Crippen LogP contribution in [0.4, 0.5) is 18.3 Å². The number of anilines is 1. The third-order valence-electron chi connectivity index (χ3n) is 3.88. The molecule has 23 heavy (non-hydrogen) atoms. The van der Waals surface area contributed by atoms with Crippen molar-refractivity contribution in [1.29, 1.82) is 0 Å². The molecule has 0 unspecified atom stereocenters. The number of rotatable bonds is 3. The minimum atomic E-state index is -4.30. The van der Waals surface area contributed by atoms with Crippen molar-refractivity contribution < 1.29 is 13.2 Å². The second-order valence-electron chi connectivity index (χ2n) is 5.54. The van der Waals surface area contributed by atoms with Gasteiger partial charge in [-0.1, -0.05) is 18.2 Å². The number of hydrogen-bond donors (Lipinski definition) is 0. The molecule has 0 atom stereocenters. The van der Waals surface area contributed by atoms with Crippen molar-refractivity contribution in [3.05, 3.63) is 41.2 Å². The zero-order valence-electron chi connectivity index (χ0n) is 12.7. The maximum absolute atomic E-state index is 13.0. The first-order valence-corrected chi connectivity index (χ1v) is 8.13. The van der Waals surface area contributed by atoms with Crippen LogP contribution in [-0.2, 0) is 12.7 Å². The Morgan fingerprint density at radius 2 is 1.83 bits per heavy atom. The summed E-state index contributed by atoms with van der Waals surface area (Å²) in [5.74, 6) is 0.756. The lowest BCUT2D eigenvalue weighted by molar-refractivity contribution is -0.138. The van der Waals surface area contributed by atoms with Crippen LogP contribution < -0.4 is 4.90 Å². The fourth-order valence-electron chi connectivity index (χ4n) is 2.69. The molecule has 2 aromatic rings. The molecule has 2 heterocycles. The Labute approximate surface area is 136 Å². The van der Waals surface area contributed by atoms with Crippen molar-refractivity contribution >= 4 is 16.7 Å². The Balaban J connectivity index is 1.63. The van der Waals surface area contributed by atoms with Crippen LogP contribution in [-0.4, -0.2) is 40.4 Å². The van der Waals surface area contributed by atoms with Crippen molar-refractivity contribution in [1.82, 2.24) is 14.3 Å². The largest absolute Gasteiger partial charge is 0.416 e. The molecule has 0 radical (unpaired) electrons. The van der Waals surface area contributed by atoms with Crippen LogP contribution in [0.15, 0.2) is 24.3 Å². The molecule has 0 amide bonds. The summed E-state index contributed by atoms with van der Waals surface area (Å²) in [6.45, 7) is 5.10. The Morgan fingerprint density at radius 1 is 1.13 bits per heavy atom. The molecule has 1 saturated heterocycles. The van der Waals surface area contributed by atoms with Gasteiger partial charge in [0.1, 0.15) is 5.82 Å². The summed E-state index contributed by atoms with van der Waals surface area (Å²) in [7, 11) is 0. The quantitative estimate of drug-likeness (QED) is 0.858. The van der Waals surface area contributed by atoms with E-state index in [1.54, 1.807) is 12.1 Å². The van der Waals surface area contributed by atoms with E-state index in [0.29, 0.717) is 25.2 Å². The molecule has 1 fully saturated rings. The number of piperazine rings is 1. The number of nitrogens with zero attached hydrogens (tertiary/aromatic N) is 4. The van der Waals surface area contributed by atoms with Crippen molar-refractivity contribution in [3.63, 3.8) is 0 Å². The number of aromatic nitrogens is 2. The molecule has 8 heteroatoms. The minimum absolute atomic E-state index is 0.318. The van der Waals surface area contributed by atoms with Gasteiger partial charge in [0.15, 0.2) is 0 Å². The maximum Gasteiger partial charge on any atom is 0.416 e. The summed E-state index contributed by atoms with van der Waals surface area (Å²) in [6, 6.07) is 5.80. The predicted molar refractivity (Wildman–Crippen MR) is 83.6 cm³/mol. The fourth-order valence-corrected chi connectivity index (χ4v) is 3.41. The average molecular weight is 342 g/mol. The van der Waals surface area contributed by atoms with E-state index in [4.69, 9.17) is 0 Å². The molecule has 3 rings (SSSR count). The zero-order chi connectivity index (χ0) is 16.4. The van der Waals surface area contributed by atoms with E-state index in [1.807, 2.05) is 6.92 Å². The lowest BCUT2D eigenvalue weighted by Gasteiger charge is -2.34. The van der Waals surface area contributed by atoms with Crippen LogP contribution in [0.2, 0.25) is 0 Å². The predicted octanol–water partition coefficient (Wildman–Crippen LogP) is 3.19. The van der Waals surface area contributed by atoms with Gasteiger partial charge in [-0.25, -0.2) is 4.98 Å². The van der Waals surface area contributed by atoms with Crippen LogP contribution in [0.3, 0.4) is 0 Å². The molecular formula is C15H17F3N4S. The van der Waals surface area contributed by atoms with E-state index in [0.717, 1.165) is 30.1 Å². The maximum atomic E-state index is 13.0. The highest BCUT2D eigenvalue weighted by molar-refractivity contribution is 7.09. The van der Waals surface area contributed by atoms with Gasteiger partial charge in [0.2, 0.25) is 5.13 Å². The first-order chi connectivity index (χ1) is 10.9. The molecule has 0 bridgehead atoms. The van der Waals surface area contributed by atoms with E-state index in [-0.39, 0.29) is 0 Å². The van der Waals surface area contributed by atoms with Crippen LogP contribution in [0, 0.1) is 6.92 Å². The molecule has 1 aromatic heterocycles. The molecule has 0 aliphatic carbocycles. The second kappa shape index (κ2) is 6.45. The van der Waals surface area contributed by atoms with Crippen LogP contribution in [0.1, 0.15) is 17.0 Å². The number of aryl methyl sites for hydroxylation is 1. The van der Waals surface area contributed by atoms with Gasteiger partial charge >= 0.3 is 6.18 Å². The monoisotopic (exact) mass is 342 g/mol. The van der Waals surface area contributed by atoms with Gasteiger partial charge < -0.3 is 4.90 Å². The minimum Gasteiger partial charge on any atom is -0.344 e. The normalized spacial score (nSPS) is 16.8. The topological polar surface area (TPSA) is 32.3 Å². The van der Waals surface area contributed by atoms with Crippen molar-refractivity contribution in [3.8, 4) is 0 Å². The van der Waals surface area contributed by atoms with E-state index in [2.05, 4.69) is 19.2 Å². The van der Waals surface area contributed by atoms with Crippen LogP contribution in [0.5, 0.6) is 0 Å². The number of hydrogen-bond acceptors (Lipinski definition) is 5. The third kappa shape index (κ3) is 3.81. The molecule has 4 nitrogen and oxygen atoms in total. The highest BCUT2D eigenvalue weighted by Gasteiger charge is 2.33. The van der Waals surface area contributed by atoms with E-state index in [1.165, 1.54) is 17.6 Å². The highest BCUT2D eigenvalue weighted by atomic mass is 32.1. The molecule has 1 aliphatic heterocycles. The molecule has 1 aromatic carbocycles. The Morgan fingerprint density at radius 3 is 2.43 bits per heavy atom. The third-order valence-corrected chi connectivity index (χ3v) is 4.74. The van der Waals surface area contributed by atoms with E-state index in [9.17, 15) is 13.2 Å². The van der Waals surface area contributed by atoms with Crippen molar-refractivity contribution in [2.24, 2.45) is 0 Å². The smallest absolute Gasteiger partial charge is 0.344 e. The van der Waals surface area contributed by atoms with Gasteiger partial charge in [-0.15, -0.1) is 0 Å². The summed E-state index contributed by atoms with van der Waals surface area (Å²) >= 11 is 1.36. The molecule has 0 spiro atoms. The fraction of sp³-hybridized carbons (Fsp3) is 0.467. The summed E-state index contributed by atoms with van der Waals surface area (Å²) in [5.41, 5.74) is -0.206. The van der Waals surface area contributed by atoms with E-state index < -0.39 is 11.7 Å². The lowest BCUT2D eigenvalue weighted by Crippen LogP contribution is -2.46. The Bertz CT molecular complexity index is 663. The van der Waals surface area contributed by atoms with Gasteiger partial charge in [0.25, 0.3) is 0 Å². The highest BCUT2D eigenvalue weighted by Crippen LogP contribution is 2.32. The SMILES string of the molecule is Cc1nsc(N2CCN(Cc3ccccc3C(F)(F)F)CC2)n1. The van der Waals surface area contributed by atoms with Gasteiger partial charge in [0.05, 0.1) is 5.56 Å². The zero-order valence-corrected chi connectivity index (χ0v) is 13.5. The average Bonchev–Trinajstić information content (AvgIpc) is 2.94. The van der Waals surface area contributed by atoms with E-state index >= 15 is 0 Å². The second-order valence-corrected chi connectivity index (χ2v) is 6.27. The molecule has 124 valence electrons. The van der Waals surface area contributed by atoms with Gasteiger partial charge in [-0.05, 0) is 18.6 Å². The summed E-state index contributed by atoms with van der Waals surface area (Å²) in [6.07, 6.45) is -4.30. The molecule has 1 aliphatic rings. The first-order valence-electron chi connectivity index (χ1n) is 7.36. The van der Waals surface area contributed by atoms with Crippen molar-refractivity contribution in [2.45, 2.75) is 19.6 Å². The van der Waals surface area contributed by atoms with Gasteiger partial charge in [-0.3, -0.25) is 4.90 Å². The summed E-state index contributed by atoms with van der Waals surface area (Å²) < 4.78 is 43.3. The van der Waals surface area contributed by atoms with Crippen molar-refractivity contribution in [2.75, 3.05) is 31.1 Å². The summed E-state index contributed by atoms with van der Waals surface area (Å²) in [5, 5.41) is 0.887. The number of halogens is 3. The summed E-state index contributed by atoms with van der Waals surface area (Å²) in [4.78, 5) is 8.54. The standard InChI is InChI=1S/C15H17F3N4S/c1-11-19-14(23-20-11)22-8-6-21(7-9-22)10-12-4-2-3-5-13(12)15(16,17)18/h2-5H,6-10H2,1H3. The van der Waals surface area contributed by atoms with Crippen LogP contribution in [0.25, 0.3) is 0 Å². The lowest BCUT2D eigenvalue weighted by atomic mass is 10.1. The van der Waals surface area contributed by atoms with Crippen LogP contribution >= 0.6 is 11.5 Å². The molecular weight excluding hydrogens is 325 g/mol. The first kappa shape index (κ1) is 16.2.